The number of hydrogen-bond acceptors (Lipinski definition) is 3. The van der Waals surface area contributed by atoms with Gasteiger partial charge in [-0.3, -0.25) is 4.68 Å². The summed E-state index contributed by atoms with van der Waals surface area (Å²) in [7, 11) is 0. The van der Waals surface area contributed by atoms with E-state index in [9.17, 15) is 4.79 Å². The van der Waals surface area contributed by atoms with Crippen LogP contribution in [0.4, 0.5) is 0 Å². The molecule has 0 unspecified atom stereocenters. The third-order valence-corrected chi connectivity index (χ3v) is 6.95. The molecule has 4 nitrogen and oxygen atoms in total. The first-order valence-corrected chi connectivity index (χ1v) is 12.8. The highest BCUT2D eigenvalue weighted by Crippen LogP contribution is 2.28. The summed E-state index contributed by atoms with van der Waals surface area (Å²) < 4.78 is 2.18. The van der Waals surface area contributed by atoms with Gasteiger partial charge in [0.2, 0.25) is 0 Å². The molecule has 1 saturated heterocycles. The molecule has 0 N–H and O–H groups in total. The van der Waals surface area contributed by atoms with Crippen LogP contribution in [-0.4, -0.2) is 40.6 Å². The Morgan fingerprint density at radius 2 is 1.73 bits per heavy atom. The number of carbonyl (C=O) groups is 1. The predicted molar refractivity (Wildman–Crippen MR) is 127 cm³/mol. The van der Waals surface area contributed by atoms with Crippen molar-refractivity contribution in [3.8, 4) is 0 Å². The molecule has 2 aliphatic rings. The van der Waals surface area contributed by atoms with Crippen LogP contribution in [0.3, 0.4) is 0 Å². The molecule has 30 heavy (non-hydrogen) atoms. The fourth-order valence-corrected chi connectivity index (χ4v) is 4.86. The van der Waals surface area contributed by atoms with Crippen LogP contribution in [0.15, 0.2) is 12.4 Å². The van der Waals surface area contributed by atoms with Gasteiger partial charge in [0, 0.05) is 19.2 Å². The van der Waals surface area contributed by atoms with E-state index in [0.29, 0.717) is 12.3 Å². The molecule has 0 amide bonds. The number of carbonyl (C=O) groups excluding carboxylic acids is 1. The fourth-order valence-electron chi connectivity index (χ4n) is 4.86. The quantitative estimate of drug-likeness (QED) is 0.324. The zero-order valence-corrected chi connectivity index (χ0v) is 20.0. The Hall–Kier alpha value is -1.16. The van der Waals surface area contributed by atoms with Crippen LogP contribution in [0.2, 0.25) is 0 Å². The number of aldehydes is 1. The molecule has 4 heteroatoms. The van der Waals surface area contributed by atoms with Crippen molar-refractivity contribution in [2.24, 2.45) is 11.8 Å². The molecule has 0 aromatic carbocycles. The SMILES string of the molecule is CC(C)c1cnn(CC2CCN(CCCCCC3CCCCC3)CC2)c1.CCC=O. The van der Waals surface area contributed by atoms with Gasteiger partial charge in [0.25, 0.3) is 0 Å². The van der Waals surface area contributed by atoms with E-state index in [0.717, 1.165) is 24.7 Å². The first-order valence-electron chi connectivity index (χ1n) is 12.8. The largest absolute Gasteiger partial charge is 0.303 e. The molecule has 1 saturated carbocycles. The van der Waals surface area contributed by atoms with Gasteiger partial charge in [-0.05, 0) is 62.2 Å². The van der Waals surface area contributed by atoms with Gasteiger partial charge in [-0.2, -0.15) is 5.10 Å². The summed E-state index contributed by atoms with van der Waals surface area (Å²) in [6.07, 6.45) is 21.9. The number of piperidine rings is 1. The normalized spacial score (nSPS) is 18.9. The van der Waals surface area contributed by atoms with E-state index >= 15 is 0 Å². The Balaban J connectivity index is 0.000000735. The van der Waals surface area contributed by atoms with Crippen molar-refractivity contribution in [3.63, 3.8) is 0 Å². The number of aromatic nitrogens is 2. The lowest BCUT2D eigenvalue weighted by atomic mass is 9.85. The van der Waals surface area contributed by atoms with Crippen LogP contribution < -0.4 is 0 Å². The molecular weight excluding hydrogens is 370 g/mol. The highest BCUT2D eigenvalue weighted by Gasteiger charge is 2.20. The average molecular weight is 418 g/mol. The van der Waals surface area contributed by atoms with E-state index in [1.807, 2.05) is 13.1 Å². The molecule has 1 aliphatic heterocycles. The molecule has 1 aromatic rings. The molecule has 3 rings (SSSR count). The van der Waals surface area contributed by atoms with Gasteiger partial charge in [-0.25, -0.2) is 0 Å². The van der Waals surface area contributed by atoms with Crippen LogP contribution >= 0.6 is 0 Å². The molecule has 1 aromatic heterocycles. The Labute approximate surface area is 185 Å². The molecular formula is C26H47N3O. The number of unbranched alkanes of at least 4 members (excludes halogenated alkanes) is 2. The molecule has 1 aliphatic carbocycles. The van der Waals surface area contributed by atoms with Crippen molar-refractivity contribution in [3.05, 3.63) is 18.0 Å². The van der Waals surface area contributed by atoms with Gasteiger partial charge in [0.1, 0.15) is 6.29 Å². The second-order valence-corrected chi connectivity index (χ2v) is 9.86. The Bertz CT molecular complexity index is 554. The maximum Gasteiger partial charge on any atom is 0.119 e. The lowest BCUT2D eigenvalue weighted by Gasteiger charge is -2.32. The lowest BCUT2D eigenvalue weighted by Crippen LogP contribution is -2.35. The van der Waals surface area contributed by atoms with Crippen LogP contribution in [-0.2, 0) is 11.3 Å². The van der Waals surface area contributed by atoms with E-state index in [4.69, 9.17) is 0 Å². The van der Waals surface area contributed by atoms with E-state index in [2.05, 4.69) is 34.7 Å². The van der Waals surface area contributed by atoms with Gasteiger partial charge >= 0.3 is 0 Å². The first-order chi connectivity index (χ1) is 14.6. The highest BCUT2D eigenvalue weighted by atomic mass is 16.1. The minimum absolute atomic E-state index is 0.587. The fraction of sp³-hybridized carbons (Fsp3) is 0.846. The van der Waals surface area contributed by atoms with Gasteiger partial charge in [-0.1, -0.05) is 72.1 Å². The van der Waals surface area contributed by atoms with Gasteiger partial charge in [0.15, 0.2) is 0 Å². The maximum absolute atomic E-state index is 9.17. The third-order valence-electron chi connectivity index (χ3n) is 6.95. The van der Waals surface area contributed by atoms with E-state index < -0.39 is 0 Å². The summed E-state index contributed by atoms with van der Waals surface area (Å²) in [6, 6.07) is 0. The first kappa shape index (κ1) is 25.1. The lowest BCUT2D eigenvalue weighted by molar-refractivity contribution is -0.107. The van der Waals surface area contributed by atoms with E-state index in [1.165, 1.54) is 95.8 Å². The van der Waals surface area contributed by atoms with Crippen LogP contribution in [0.5, 0.6) is 0 Å². The molecule has 2 fully saturated rings. The Morgan fingerprint density at radius 1 is 1.03 bits per heavy atom. The smallest absolute Gasteiger partial charge is 0.119 e. The zero-order chi connectivity index (χ0) is 21.6. The predicted octanol–water partition coefficient (Wildman–Crippen LogP) is 6.45. The van der Waals surface area contributed by atoms with E-state index in [-0.39, 0.29) is 0 Å². The van der Waals surface area contributed by atoms with Crippen LogP contribution in [0.1, 0.15) is 109 Å². The van der Waals surface area contributed by atoms with Crippen LogP contribution in [0.25, 0.3) is 0 Å². The molecule has 2 heterocycles. The van der Waals surface area contributed by atoms with Gasteiger partial charge < -0.3 is 9.69 Å². The topological polar surface area (TPSA) is 38.1 Å². The number of likely N-dealkylation sites (tertiary alicyclic amines) is 1. The molecule has 0 spiro atoms. The summed E-state index contributed by atoms with van der Waals surface area (Å²) in [5.74, 6) is 2.47. The summed E-state index contributed by atoms with van der Waals surface area (Å²) in [6.45, 7) is 11.3. The van der Waals surface area contributed by atoms with E-state index in [1.54, 1.807) is 0 Å². The average Bonchev–Trinajstić information content (AvgIpc) is 3.24. The Kier molecular flexibility index (Phi) is 12.4. The summed E-state index contributed by atoms with van der Waals surface area (Å²) in [4.78, 5) is 11.9. The van der Waals surface area contributed by atoms with Crippen molar-refractivity contribution < 1.29 is 4.79 Å². The summed E-state index contributed by atoms with van der Waals surface area (Å²) >= 11 is 0. The molecule has 0 bridgehead atoms. The second kappa shape index (κ2) is 14.8. The van der Waals surface area contributed by atoms with Crippen molar-refractivity contribution in [2.45, 2.75) is 110 Å². The van der Waals surface area contributed by atoms with Crippen molar-refractivity contribution >= 4 is 6.29 Å². The Morgan fingerprint density at radius 3 is 2.33 bits per heavy atom. The number of hydrogen-bond donors (Lipinski definition) is 0. The zero-order valence-electron chi connectivity index (χ0n) is 20.0. The molecule has 0 radical (unpaired) electrons. The standard InChI is InChI=1S/C23H41N3.C3H6O/c1-20(2)23-17-24-26(19-23)18-22-12-15-25(16-13-22)14-8-4-7-11-21-9-5-3-6-10-21;1-2-3-4/h17,19-22H,3-16,18H2,1-2H3;3H,2H2,1H3. The van der Waals surface area contributed by atoms with Crippen molar-refractivity contribution in [1.82, 2.24) is 14.7 Å². The number of nitrogens with zero attached hydrogens (tertiary/aromatic N) is 3. The summed E-state index contributed by atoms with van der Waals surface area (Å²) in [5.41, 5.74) is 1.37. The molecule has 172 valence electrons. The maximum atomic E-state index is 9.17. The molecule has 0 atom stereocenters. The minimum Gasteiger partial charge on any atom is -0.303 e. The number of rotatable bonds is 10. The minimum atomic E-state index is 0.587. The van der Waals surface area contributed by atoms with Gasteiger partial charge in [-0.15, -0.1) is 0 Å². The van der Waals surface area contributed by atoms with Gasteiger partial charge in [0.05, 0.1) is 6.20 Å². The highest BCUT2D eigenvalue weighted by molar-refractivity contribution is 5.48. The van der Waals surface area contributed by atoms with Crippen molar-refractivity contribution in [2.75, 3.05) is 19.6 Å². The van der Waals surface area contributed by atoms with Crippen LogP contribution in [0, 0.1) is 11.8 Å². The summed E-state index contributed by atoms with van der Waals surface area (Å²) in [5, 5.41) is 4.56. The second-order valence-electron chi connectivity index (χ2n) is 9.86. The monoisotopic (exact) mass is 417 g/mol. The van der Waals surface area contributed by atoms with Crippen molar-refractivity contribution in [1.29, 1.82) is 0 Å². The third kappa shape index (κ3) is 9.76.